The molecule has 0 aliphatic carbocycles. The normalized spacial score (nSPS) is 15.8. The number of benzene rings is 2. The van der Waals surface area contributed by atoms with Crippen molar-refractivity contribution in [2.75, 3.05) is 25.6 Å². The summed E-state index contributed by atoms with van der Waals surface area (Å²) in [5.41, 5.74) is 2.19. The number of para-hydroxylation sites is 1. The maximum absolute atomic E-state index is 12.8. The van der Waals surface area contributed by atoms with E-state index < -0.39 is 0 Å². The molecule has 0 radical (unpaired) electrons. The van der Waals surface area contributed by atoms with Crippen molar-refractivity contribution < 1.29 is 9.47 Å². The number of hydrogen-bond donors (Lipinski definition) is 2. The maximum Gasteiger partial charge on any atom is 0.253 e. The Balaban J connectivity index is 1.59. The smallest absolute Gasteiger partial charge is 0.253 e. The highest BCUT2D eigenvalue weighted by Crippen LogP contribution is 2.20. The van der Waals surface area contributed by atoms with Crippen molar-refractivity contribution in [2.45, 2.75) is 25.5 Å². The summed E-state index contributed by atoms with van der Waals surface area (Å²) in [7, 11) is 1.61. The van der Waals surface area contributed by atoms with E-state index in [9.17, 15) is 4.79 Å². The molecule has 4 rings (SSSR count). The van der Waals surface area contributed by atoms with Gasteiger partial charge in [-0.3, -0.25) is 4.79 Å². The van der Waals surface area contributed by atoms with E-state index in [1.807, 2.05) is 59.5 Å². The van der Waals surface area contributed by atoms with Gasteiger partial charge in [0, 0.05) is 30.5 Å². The van der Waals surface area contributed by atoms with E-state index >= 15 is 0 Å². The Morgan fingerprint density at radius 1 is 1.27 bits per heavy atom. The Bertz CT molecular complexity index is 1080. The van der Waals surface area contributed by atoms with E-state index in [1.165, 1.54) is 0 Å². The minimum Gasteiger partial charge on any atom is -0.497 e. The molecular weight excluding hydrogens is 398 g/mol. The highest BCUT2D eigenvalue weighted by atomic mass is 32.1. The predicted octanol–water partition coefficient (Wildman–Crippen LogP) is 3.91. The molecule has 1 aromatic heterocycles. The standard InChI is InChI=1S/C23H25N3O3S/c1-28-19-10-9-16-12-17(22(27)25-21(16)13-19)14-26(15-20-8-5-11-29-20)23(30)24-18-6-3-2-4-7-18/h2-4,6-7,9-10,12-13,20H,5,8,11,14-15H2,1H3,(H,24,30)(H,25,27)/t20-/m1/s1. The molecule has 1 aliphatic rings. The molecule has 2 N–H and O–H groups in total. The number of aromatic amines is 1. The van der Waals surface area contributed by atoms with Crippen LogP contribution in [0.25, 0.3) is 10.9 Å². The summed E-state index contributed by atoms with van der Waals surface area (Å²) in [4.78, 5) is 17.7. The second-order valence-corrected chi connectivity index (χ2v) is 7.78. The van der Waals surface area contributed by atoms with Crippen molar-refractivity contribution in [1.82, 2.24) is 9.88 Å². The molecule has 1 fully saturated rings. The fraction of sp³-hybridized carbons (Fsp3) is 0.304. The third kappa shape index (κ3) is 4.80. The minimum atomic E-state index is -0.129. The van der Waals surface area contributed by atoms with Gasteiger partial charge in [-0.05, 0) is 60.8 Å². The van der Waals surface area contributed by atoms with E-state index in [4.69, 9.17) is 21.7 Å². The summed E-state index contributed by atoms with van der Waals surface area (Å²) in [6, 6.07) is 17.4. The Morgan fingerprint density at radius 2 is 2.10 bits per heavy atom. The number of pyridine rings is 1. The molecule has 0 spiro atoms. The molecule has 1 saturated heterocycles. The monoisotopic (exact) mass is 423 g/mol. The number of ether oxygens (including phenoxy) is 2. The zero-order valence-corrected chi connectivity index (χ0v) is 17.7. The lowest BCUT2D eigenvalue weighted by Gasteiger charge is -2.28. The van der Waals surface area contributed by atoms with Gasteiger partial charge in [0.1, 0.15) is 5.75 Å². The molecule has 0 amide bonds. The Labute approximate surface area is 180 Å². The third-order valence-corrected chi connectivity index (χ3v) is 5.61. The van der Waals surface area contributed by atoms with Gasteiger partial charge in [0.25, 0.3) is 5.56 Å². The Morgan fingerprint density at radius 3 is 2.83 bits per heavy atom. The molecule has 7 heteroatoms. The van der Waals surface area contributed by atoms with Crippen molar-refractivity contribution >= 4 is 33.9 Å². The molecule has 0 saturated carbocycles. The fourth-order valence-corrected chi connectivity index (χ4v) is 3.91. The zero-order chi connectivity index (χ0) is 20.9. The number of nitrogens with one attached hydrogen (secondary N) is 2. The molecule has 2 heterocycles. The molecule has 1 aliphatic heterocycles. The number of nitrogens with zero attached hydrogens (tertiary/aromatic N) is 1. The third-order valence-electron chi connectivity index (χ3n) is 5.25. The quantitative estimate of drug-likeness (QED) is 0.586. The summed E-state index contributed by atoms with van der Waals surface area (Å²) in [5.74, 6) is 0.708. The van der Waals surface area contributed by atoms with Crippen LogP contribution in [0.1, 0.15) is 18.4 Å². The number of methoxy groups -OCH3 is 1. The molecule has 30 heavy (non-hydrogen) atoms. The van der Waals surface area contributed by atoms with E-state index in [1.54, 1.807) is 7.11 Å². The predicted molar refractivity (Wildman–Crippen MR) is 123 cm³/mol. The van der Waals surface area contributed by atoms with Crippen LogP contribution in [0.2, 0.25) is 0 Å². The van der Waals surface area contributed by atoms with Gasteiger partial charge in [-0.25, -0.2) is 0 Å². The number of fused-ring (bicyclic) bond motifs is 1. The van der Waals surface area contributed by atoms with E-state index in [2.05, 4.69) is 10.3 Å². The van der Waals surface area contributed by atoms with E-state index in [0.29, 0.717) is 29.5 Å². The minimum absolute atomic E-state index is 0.115. The lowest BCUT2D eigenvalue weighted by atomic mass is 10.1. The van der Waals surface area contributed by atoms with Gasteiger partial charge in [0.2, 0.25) is 0 Å². The topological polar surface area (TPSA) is 66.6 Å². The Hall–Kier alpha value is -2.90. The van der Waals surface area contributed by atoms with Gasteiger partial charge in [-0.1, -0.05) is 18.2 Å². The molecule has 2 aromatic carbocycles. The van der Waals surface area contributed by atoms with Crippen LogP contribution >= 0.6 is 12.2 Å². The van der Waals surface area contributed by atoms with Gasteiger partial charge >= 0.3 is 0 Å². The summed E-state index contributed by atoms with van der Waals surface area (Å²) in [5, 5.41) is 4.80. The summed E-state index contributed by atoms with van der Waals surface area (Å²) >= 11 is 5.69. The average molecular weight is 424 g/mol. The summed E-state index contributed by atoms with van der Waals surface area (Å²) < 4.78 is 11.1. The molecule has 3 aromatic rings. The van der Waals surface area contributed by atoms with E-state index in [0.717, 1.165) is 36.0 Å². The molecule has 0 bridgehead atoms. The van der Waals surface area contributed by atoms with Crippen molar-refractivity contribution in [3.63, 3.8) is 0 Å². The SMILES string of the molecule is COc1ccc2cc(CN(C[C@H]3CCCO3)C(=S)Nc3ccccc3)c(=O)[nH]c2c1. The van der Waals surface area contributed by atoms with Crippen molar-refractivity contribution in [1.29, 1.82) is 0 Å². The fourth-order valence-electron chi connectivity index (χ4n) is 3.65. The van der Waals surface area contributed by atoms with Crippen LogP contribution in [0.3, 0.4) is 0 Å². The highest BCUT2D eigenvalue weighted by Gasteiger charge is 2.22. The van der Waals surface area contributed by atoms with Gasteiger partial charge in [-0.15, -0.1) is 0 Å². The average Bonchev–Trinajstić information content (AvgIpc) is 3.27. The first kappa shape index (κ1) is 20.4. The molecule has 6 nitrogen and oxygen atoms in total. The zero-order valence-electron chi connectivity index (χ0n) is 16.9. The molecule has 156 valence electrons. The lowest BCUT2D eigenvalue weighted by molar-refractivity contribution is 0.0904. The molecular formula is C23H25N3O3S. The number of hydrogen-bond acceptors (Lipinski definition) is 4. The van der Waals surface area contributed by atoms with E-state index in [-0.39, 0.29) is 11.7 Å². The second kappa shape index (κ2) is 9.28. The van der Waals surface area contributed by atoms with Crippen molar-refractivity contribution in [2.24, 2.45) is 0 Å². The van der Waals surface area contributed by atoms with Crippen molar-refractivity contribution in [3.05, 3.63) is 70.5 Å². The van der Waals surface area contributed by atoms with Crippen LogP contribution in [-0.2, 0) is 11.3 Å². The lowest BCUT2D eigenvalue weighted by Crippen LogP contribution is -2.40. The Kier molecular flexibility index (Phi) is 6.30. The van der Waals surface area contributed by atoms with Crippen LogP contribution in [0.4, 0.5) is 5.69 Å². The van der Waals surface area contributed by atoms with Gasteiger partial charge < -0.3 is 24.7 Å². The van der Waals surface area contributed by atoms with Gasteiger partial charge in [-0.2, -0.15) is 0 Å². The van der Waals surface area contributed by atoms with Gasteiger partial charge in [0.15, 0.2) is 5.11 Å². The van der Waals surface area contributed by atoms with Crippen molar-refractivity contribution in [3.8, 4) is 5.75 Å². The summed E-state index contributed by atoms with van der Waals surface area (Å²) in [6.07, 6.45) is 2.16. The number of H-pyrrole nitrogens is 1. The van der Waals surface area contributed by atoms with Crippen LogP contribution in [0.15, 0.2) is 59.4 Å². The first-order chi connectivity index (χ1) is 14.6. The molecule has 1 atom stereocenters. The van der Waals surface area contributed by atoms with Crippen LogP contribution < -0.4 is 15.6 Å². The summed E-state index contributed by atoms with van der Waals surface area (Å²) in [6.45, 7) is 1.81. The first-order valence-electron chi connectivity index (χ1n) is 10.0. The number of aromatic nitrogens is 1. The van der Waals surface area contributed by atoms with Crippen LogP contribution in [0, 0.1) is 0 Å². The first-order valence-corrected chi connectivity index (χ1v) is 10.5. The molecule has 0 unspecified atom stereocenters. The van der Waals surface area contributed by atoms with Crippen LogP contribution in [-0.4, -0.2) is 41.4 Å². The highest BCUT2D eigenvalue weighted by molar-refractivity contribution is 7.80. The number of rotatable bonds is 6. The maximum atomic E-state index is 12.8. The number of thiocarbonyl (C=S) groups is 1. The number of anilines is 1. The second-order valence-electron chi connectivity index (χ2n) is 7.39. The largest absolute Gasteiger partial charge is 0.497 e. The van der Waals surface area contributed by atoms with Gasteiger partial charge in [0.05, 0.1) is 25.3 Å². The van der Waals surface area contributed by atoms with Crippen LogP contribution in [0.5, 0.6) is 5.75 Å².